The predicted octanol–water partition coefficient (Wildman–Crippen LogP) is 5.17. The van der Waals surface area contributed by atoms with Gasteiger partial charge in [-0.2, -0.15) is 0 Å². The fourth-order valence-electron chi connectivity index (χ4n) is 3.11. The molecule has 0 saturated carbocycles. The van der Waals surface area contributed by atoms with Crippen LogP contribution in [-0.4, -0.2) is 26.2 Å². The number of ether oxygens (including phenoxy) is 2. The van der Waals surface area contributed by atoms with Crippen LogP contribution in [0.3, 0.4) is 0 Å². The first-order valence-corrected chi connectivity index (χ1v) is 9.84. The van der Waals surface area contributed by atoms with Crippen molar-refractivity contribution in [1.29, 1.82) is 0 Å². The smallest absolute Gasteiger partial charge is 0.335 e. The van der Waals surface area contributed by atoms with Crippen molar-refractivity contribution >= 4 is 46.5 Å². The van der Waals surface area contributed by atoms with E-state index in [-0.39, 0.29) is 12.8 Å². The van der Waals surface area contributed by atoms with Crippen LogP contribution < -0.4 is 10.6 Å². The fourth-order valence-corrected chi connectivity index (χ4v) is 3.47. The minimum atomic E-state index is -0.507. The summed E-state index contributed by atoms with van der Waals surface area (Å²) in [6.07, 6.45) is 0.240. The number of para-hydroxylation sites is 2. The molecular formula is C22H20Cl2N2O4. The Labute approximate surface area is 184 Å². The molecular weight excluding hydrogens is 427 g/mol. The van der Waals surface area contributed by atoms with Gasteiger partial charge < -0.3 is 20.1 Å². The van der Waals surface area contributed by atoms with Crippen molar-refractivity contribution < 1.29 is 19.1 Å². The highest BCUT2D eigenvalue weighted by Gasteiger charge is 2.30. The number of esters is 2. The lowest BCUT2D eigenvalue weighted by Crippen LogP contribution is -2.24. The normalized spacial score (nSPS) is 13.7. The van der Waals surface area contributed by atoms with E-state index < -0.39 is 11.9 Å². The molecule has 30 heavy (non-hydrogen) atoms. The lowest BCUT2D eigenvalue weighted by molar-refractivity contribution is -0.137. The summed E-state index contributed by atoms with van der Waals surface area (Å²) in [4.78, 5) is 25.0. The fraction of sp³-hybridized carbons (Fsp3) is 0.182. The van der Waals surface area contributed by atoms with Gasteiger partial charge in [0.15, 0.2) is 0 Å². The Morgan fingerprint density at radius 2 is 1.10 bits per heavy atom. The Morgan fingerprint density at radius 1 is 0.733 bits per heavy atom. The van der Waals surface area contributed by atoms with E-state index in [1.807, 2.05) is 12.1 Å². The molecule has 2 N–H and O–H groups in total. The maximum atomic E-state index is 12.5. The number of carbonyl (C=O) groups excluding carboxylic acids is 2. The third-order valence-electron chi connectivity index (χ3n) is 4.62. The van der Waals surface area contributed by atoms with Crippen molar-refractivity contribution in [2.75, 3.05) is 24.9 Å². The average molecular weight is 447 g/mol. The van der Waals surface area contributed by atoms with Crippen molar-refractivity contribution in [1.82, 2.24) is 0 Å². The van der Waals surface area contributed by atoms with Crippen molar-refractivity contribution in [2.24, 2.45) is 0 Å². The summed E-state index contributed by atoms with van der Waals surface area (Å²) >= 11 is 12.5. The number of allylic oxidation sites excluding steroid dienone is 2. The molecule has 0 spiro atoms. The second-order valence-electron chi connectivity index (χ2n) is 6.46. The van der Waals surface area contributed by atoms with Crippen LogP contribution >= 0.6 is 23.2 Å². The van der Waals surface area contributed by atoms with Gasteiger partial charge in [0.05, 0.1) is 46.8 Å². The van der Waals surface area contributed by atoms with Gasteiger partial charge in [-0.05, 0) is 24.3 Å². The average Bonchev–Trinajstić information content (AvgIpc) is 2.76. The van der Waals surface area contributed by atoms with Crippen LogP contribution in [0.5, 0.6) is 0 Å². The summed E-state index contributed by atoms with van der Waals surface area (Å²) in [5.41, 5.74) is 3.00. The number of methoxy groups -OCH3 is 2. The molecule has 0 unspecified atom stereocenters. The van der Waals surface area contributed by atoms with E-state index >= 15 is 0 Å². The molecule has 6 nitrogen and oxygen atoms in total. The number of carbonyl (C=O) groups is 2. The molecule has 156 valence electrons. The van der Waals surface area contributed by atoms with Crippen molar-refractivity contribution in [3.05, 3.63) is 81.1 Å². The Kier molecular flexibility index (Phi) is 7.03. The van der Waals surface area contributed by atoms with Crippen molar-refractivity contribution in [3.63, 3.8) is 0 Å². The molecule has 0 atom stereocenters. The van der Waals surface area contributed by atoms with E-state index in [4.69, 9.17) is 32.7 Å². The quantitative estimate of drug-likeness (QED) is 0.596. The third kappa shape index (κ3) is 4.78. The number of halogens is 2. The standard InChI is InChI=1S/C22H20Cl2N2O4/c1-29-21(27)13-11-20(26-18-10-6-4-8-16(18)24)14(22(28)30-2)12-19(13)25-17-9-5-3-7-15(17)23/h3-10,25-26H,11-12H2,1-2H3. The molecule has 0 aromatic heterocycles. The summed E-state index contributed by atoms with van der Waals surface area (Å²) in [6.45, 7) is 0. The van der Waals surface area contributed by atoms with Crippen LogP contribution in [0.1, 0.15) is 12.8 Å². The molecule has 1 aliphatic carbocycles. The molecule has 0 radical (unpaired) electrons. The highest BCUT2D eigenvalue weighted by atomic mass is 35.5. The van der Waals surface area contributed by atoms with Crippen LogP contribution in [0.2, 0.25) is 10.0 Å². The van der Waals surface area contributed by atoms with E-state index in [9.17, 15) is 9.59 Å². The van der Waals surface area contributed by atoms with Crippen LogP contribution in [0, 0.1) is 0 Å². The van der Waals surface area contributed by atoms with Gasteiger partial charge in [-0.3, -0.25) is 0 Å². The molecule has 0 amide bonds. The van der Waals surface area contributed by atoms with Crippen molar-refractivity contribution in [2.45, 2.75) is 12.8 Å². The maximum Gasteiger partial charge on any atom is 0.335 e. The second kappa shape index (κ2) is 9.69. The Balaban J connectivity index is 2.02. The molecule has 2 aromatic carbocycles. The first kappa shape index (κ1) is 21.7. The first-order chi connectivity index (χ1) is 14.4. The molecule has 0 saturated heterocycles. The van der Waals surface area contributed by atoms with Crippen LogP contribution in [0.25, 0.3) is 0 Å². The molecule has 8 heteroatoms. The van der Waals surface area contributed by atoms with E-state index in [1.54, 1.807) is 36.4 Å². The summed E-state index contributed by atoms with van der Waals surface area (Å²) in [6, 6.07) is 14.3. The number of nitrogens with one attached hydrogen (secondary N) is 2. The number of hydrogen-bond acceptors (Lipinski definition) is 6. The predicted molar refractivity (Wildman–Crippen MR) is 117 cm³/mol. The number of hydrogen-bond donors (Lipinski definition) is 2. The molecule has 0 aliphatic heterocycles. The van der Waals surface area contributed by atoms with E-state index in [0.717, 1.165) is 0 Å². The Hall–Kier alpha value is -2.96. The van der Waals surface area contributed by atoms with Crippen molar-refractivity contribution in [3.8, 4) is 0 Å². The largest absolute Gasteiger partial charge is 0.466 e. The van der Waals surface area contributed by atoms with Gasteiger partial charge in [-0.25, -0.2) is 9.59 Å². The SMILES string of the molecule is COC(=O)C1=C(Nc2ccccc2Cl)CC(C(=O)OC)=C(Nc2ccccc2Cl)C1. The van der Waals surface area contributed by atoms with E-state index in [2.05, 4.69) is 10.6 Å². The Morgan fingerprint density at radius 3 is 1.43 bits per heavy atom. The molecule has 3 rings (SSSR count). The first-order valence-electron chi connectivity index (χ1n) is 9.08. The van der Waals surface area contributed by atoms with E-state index in [1.165, 1.54) is 14.2 Å². The molecule has 0 fully saturated rings. The third-order valence-corrected chi connectivity index (χ3v) is 5.28. The van der Waals surface area contributed by atoms with Crippen LogP contribution in [0.4, 0.5) is 11.4 Å². The van der Waals surface area contributed by atoms with Gasteiger partial charge in [0.2, 0.25) is 0 Å². The topological polar surface area (TPSA) is 76.7 Å². The lowest BCUT2D eigenvalue weighted by atomic mass is 9.92. The zero-order valence-electron chi connectivity index (χ0n) is 16.4. The molecule has 0 bridgehead atoms. The second-order valence-corrected chi connectivity index (χ2v) is 7.28. The number of rotatable bonds is 6. The lowest BCUT2D eigenvalue weighted by Gasteiger charge is -2.26. The van der Waals surface area contributed by atoms with Crippen LogP contribution in [-0.2, 0) is 19.1 Å². The summed E-state index contributed by atoms with van der Waals surface area (Å²) in [5.74, 6) is -1.01. The maximum absolute atomic E-state index is 12.5. The molecule has 0 heterocycles. The minimum absolute atomic E-state index is 0.120. The monoisotopic (exact) mass is 446 g/mol. The Bertz CT molecular complexity index is 963. The van der Waals surface area contributed by atoms with E-state index in [0.29, 0.717) is 44.0 Å². The zero-order chi connectivity index (χ0) is 21.7. The van der Waals surface area contributed by atoms with Gasteiger partial charge in [0, 0.05) is 24.2 Å². The zero-order valence-corrected chi connectivity index (χ0v) is 17.9. The number of anilines is 2. The molecule has 1 aliphatic rings. The van der Waals surface area contributed by atoms with Gasteiger partial charge in [0.1, 0.15) is 0 Å². The minimum Gasteiger partial charge on any atom is -0.466 e. The summed E-state index contributed by atoms with van der Waals surface area (Å²) < 4.78 is 9.94. The number of benzene rings is 2. The van der Waals surface area contributed by atoms with Gasteiger partial charge >= 0.3 is 11.9 Å². The summed E-state index contributed by atoms with van der Waals surface area (Å²) in [7, 11) is 2.62. The highest BCUT2D eigenvalue weighted by molar-refractivity contribution is 6.33. The van der Waals surface area contributed by atoms with Crippen LogP contribution in [0.15, 0.2) is 71.1 Å². The molecule has 2 aromatic rings. The van der Waals surface area contributed by atoms with Gasteiger partial charge in [-0.1, -0.05) is 47.5 Å². The summed E-state index contributed by atoms with van der Waals surface area (Å²) in [5, 5.41) is 7.31. The van der Waals surface area contributed by atoms with Gasteiger partial charge in [0.25, 0.3) is 0 Å². The highest BCUT2D eigenvalue weighted by Crippen LogP contribution is 2.35. The van der Waals surface area contributed by atoms with Gasteiger partial charge in [-0.15, -0.1) is 0 Å².